The smallest absolute Gasteiger partial charge is 0.245 e. The standard InChI is InChI=1S/C45H65ClN12O10S2/c1-4-50-38(62)29(8-5-15-51-45(48)49)53-42(66)34-20-27(59)23-58(34)44(68)30-13-17-69-18-14-36(61)52-31(19-25-9-11-26(46)12-10-25)39(63)55-32(21-28-7-6-16-70-28)41(65)57-37(24(2)3)43(67)56-33(22-35(47)60)40(64)54-30/h6-7,9-12,16,24,27,29-34,37,59H,4-5,8,13-15,17-23H2,1-3H3,(H2,47,60)(H,50,62)(H,52,61)(H,53,66)(H,54,64)(H,55,63)(H,56,67)(H,57,65)(H4,48,49,51)/t27-,29-,30+,31+,32+,33+,34+,37+/m1/s1. The number of amides is 9. The molecule has 0 spiro atoms. The molecule has 2 aliphatic rings. The molecular weight excluding hydrogens is 968 g/mol. The number of nitrogens with two attached hydrogens (primary N) is 2. The molecule has 2 aliphatic heterocycles. The molecular formula is C45H65ClN12O10S2. The number of nitrogens with zero attached hydrogens (tertiary/aromatic N) is 1. The Hall–Kier alpha value is -5.98. The Labute approximate surface area is 419 Å². The minimum absolute atomic E-state index is 0.0211. The number of carbonyl (C=O) groups is 9. The molecule has 9 amide bonds. The summed E-state index contributed by atoms with van der Waals surface area (Å²) < 4.78 is 0. The zero-order valence-electron chi connectivity index (χ0n) is 39.3. The Morgan fingerprint density at radius 2 is 1.56 bits per heavy atom. The highest BCUT2D eigenvalue weighted by atomic mass is 35.5. The fourth-order valence-corrected chi connectivity index (χ4v) is 9.59. The Kier molecular flexibility index (Phi) is 22.7. The number of hydrogen-bond donors (Lipinski definition) is 12. The van der Waals surface area contributed by atoms with Crippen LogP contribution in [0.2, 0.25) is 5.02 Å². The highest BCUT2D eigenvalue weighted by molar-refractivity contribution is 7.99. The van der Waals surface area contributed by atoms with Gasteiger partial charge in [0.1, 0.15) is 42.3 Å². The Morgan fingerprint density at radius 1 is 0.886 bits per heavy atom. The summed E-state index contributed by atoms with van der Waals surface area (Å²) in [5.41, 5.74) is 11.6. The number of β-amino-alcohol motifs (C(OH)–C–C–N with tert-alkyl or cyclic N) is 1. The van der Waals surface area contributed by atoms with Crippen LogP contribution in [0.3, 0.4) is 0 Å². The summed E-state index contributed by atoms with van der Waals surface area (Å²) in [6.45, 7) is 5.14. The highest BCUT2D eigenvalue weighted by Gasteiger charge is 2.43. The number of halogens is 1. The summed E-state index contributed by atoms with van der Waals surface area (Å²) in [5, 5.41) is 41.8. The van der Waals surface area contributed by atoms with Crippen molar-refractivity contribution >= 4 is 93.8 Å². The fraction of sp³-hybridized carbons (Fsp3) is 0.556. The van der Waals surface area contributed by atoms with Crippen molar-refractivity contribution in [1.82, 2.24) is 47.4 Å². The second-order valence-corrected chi connectivity index (χ2v) is 20.0. The van der Waals surface area contributed by atoms with Gasteiger partial charge in [0.05, 0.1) is 12.5 Å². The minimum atomic E-state index is -1.66. The van der Waals surface area contributed by atoms with E-state index >= 15 is 0 Å². The molecule has 0 saturated carbocycles. The molecule has 25 heteroatoms. The van der Waals surface area contributed by atoms with Crippen molar-refractivity contribution in [3.63, 3.8) is 0 Å². The number of carbonyl (C=O) groups excluding carboxylic acids is 9. The first-order valence-electron chi connectivity index (χ1n) is 23.0. The average molecular weight is 1030 g/mol. The molecule has 4 rings (SSSR count). The molecule has 0 radical (unpaired) electrons. The van der Waals surface area contributed by atoms with Crippen LogP contribution in [0.25, 0.3) is 0 Å². The van der Waals surface area contributed by atoms with Gasteiger partial charge in [-0.15, -0.1) is 11.3 Å². The van der Waals surface area contributed by atoms with E-state index in [-0.39, 0.29) is 75.6 Å². The quantitative estimate of drug-likeness (QED) is 0.0519. The number of rotatable bonds is 16. The molecule has 22 nitrogen and oxygen atoms in total. The van der Waals surface area contributed by atoms with E-state index in [9.17, 15) is 48.3 Å². The van der Waals surface area contributed by atoms with Crippen molar-refractivity contribution in [2.45, 2.75) is 121 Å². The molecule has 14 N–H and O–H groups in total. The van der Waals surface area contributed by atoms with Gasteiger partial charge in [-0.1, -0.05) is 43.6 Å². The van der Waals surface area contributed by atoms with Gasteiger partial charge in [-0.25, -0.2) is 0 Å². The molecule has 0 aliphatic carbocycles. The van der Waals surface area contributed by atoms with Crippen LogP contribution >= 0.6 is 34.7 Å². The third kappa shape index (κ3) is 18.1. The highest BCUT2D eigenvalue weighted by Crippen LogP contribution is 2.22. The number of thioether (sulfide) groups is 1. The molecule has 1 aromatic heterocycles. The van der Waals surface area contributed by atoms with Gasteiger partial charge >= 0.3 is 0 Å². The van der Waals surface area contributed by atoms with Crippen molar-refractivity contribution in [1.29, 1.82) is 5.41 Å². The molecule has 0 bridgehead atoms. The maximum atomic E-state index is 14.6. The van der Waals surface area contributed by atoms with Gasteiger partial charge in [-0.3, -0.25) is 48.6 Å². The van der Waals surface area contributed by atoms with E-state index in [0.29, 0.717) is 17.0 Å². The van der Waals surface area contributed by atoms with Crippen LogP contribution < -0.4 is 54.0 Å². The number of likely N-dealkylation sites (tertiary alicyclic amines) is 1. The van der Waals surface area contributed by atoms with E-state index in [2.05, 4.69) is 42.5 Å². The van der Waals surface area contributed by atoms with Gasteiger partial charge in [0.25, 0.3) is 0 Å². The number of guanidine groups is 1. The summed E-state index contributed by atoms with van der Waals surface area (Å²) in [5.74, 6) is -7.38. The van der Waals surface area contributed by atoms with Crippen molar-refractivity contribution in [2.24, 2.45) is 17.4 Å². The normalized spacial score (nSPS) is 23.7. The van der Waals surface area contributed by atoms with Gasteiger partial charge in [-0.2, -0.15) is 11.8 Å². The van der Waals surface area contributed by atoms with Gasteiger partial charge in [0, 0.05) is 61.0 Å². The van der Waals surface area contributed by atoms with Crippen LogP contribution in [0.5, 0.6) is 0 Å². The van der Waals surface area contributed by atoms with Gasteiger partial charge in [0.15, 0.2) is 5.96 Å². The van der Waals surface area contributed by atoms with Crippen LogP contribution in [-0.4, -0.2) is 149 Å². The minimum Gasteiger partial charge on any atom is -0.391 e. The number of thiophene rings is 1. The summed E-state index contributed by atoms with van der Waals surface area (Å²) >= 11 is 8.69. The predicted octanol–water partition coefficient (Wildman–Crippen LogP) is -1.48. The first kappa shape index (κ1) is 56.6. The summed E-state index contributed by atoms with van der Waals surface area (Å²) in [4.78, 5) is 126. The molecule has 1 aromatic carbocycles. The number of benzene rings is 1. The van der Waals surface area contributed by atoms with E-state index in [1.807, 2.05) is 0 Å². The Bertz CT molecular complexity index is 2170. The SMILES string of the molecule is CCNC(=O)[C@@H](CCCNC(=N)N)NC(=O)[C@@H]1C[C@@H](O)CN1C(=O)[C@@H]1CCSCCC(=O)N[C@@H](Cc2ccc(Cl)cc2)C(=O)N[C@@H](Cc2cccs2)C(=O)N[C@@H](C(C)C)C(=O)N[C@@H](CC(N)=O)C(=O)N1. The van der Waals surface area contributed by atoms with E-state index in [4.69, 9.17) is 28.5 Å². The van der Waals surface area contributed by atoms with E-state index < -0.39 is 114 Å². The topological polar surface area (TPSA) is 349 Å². The first-order valence-corrected chi connectivity index (χ1v) is 25.5. The lowest BCUT2D eigenvalue weighted by Crippen LogP contribution is -2.61. The van der Waals surface area contributed by atoms with Crippen LogP contribution in [0.4, 0.5) is 0 Å². The molecule has 2 aromatic rings. The maximum absolute atomic E-state index is 14.6. The molecule has 70 heavy (non-hydrogen) atoms. The number of aliphatic hydroxyl groups is 1. The van der Waals surface area contributed by atoms with E-state index in [0.717, 1.165) is 9.78 Å². The Balaban J connectivity index is 1.66. The monoisotopic (exact) mass is 1030 g/mol. The number of likely N-dealkylation sites (N-methyl/N-ethyl adjacent to an activating group) is 1. The lowest BCUT2D eigenvalue weighted by atomic mass is 10.0. The summed E-state index contributed by atoms with van der Waals surface area (Å²) in [6.07, 6.45) is -1.76. The van der Waals surface area contributed by atoms with Crippen molar-refractivity contribution < 1.29 is 48.3 Å². The van der Waals surface area contributed by atoms with Gasteiger partial charge in [-0.05, 0) is 67.0 Å². The lowest BCUT2D eigenvalue weighted by Gasteiger charge is -2.31. The van der Waals surface area contributed by atoms with Crippen LogP contribution in [-0.2, 0) is 56.0 Å². The molecule has 3 heterocycles. The lowest BCUT2D eigenvalue weighted by molar-refractivity contribution is -0.142. The zero-order valence-corrected chi connectivity index (χ0v) is 41.7. The van der Waals surface area contributed by atoms with Crippen LogP contribution in [0, 0.1) is 11.3 Å². The number of hydrogen-bond acceptors (Lipinski definition) is 13. The number of aliphatic hydroxyl groups excluding tert-OH is 1. The molecule has 384 valence electrons. The number of primary amides is 1. The summed E-state index contributed by atoms with van der Waals surface area (Å²) in [6, 6.07) is 1.09. The molecule has 2 fully saturated rings. The second-order valence-electron chi connectivity index (χ2n) is 17.3. The van der Waals surface area contributed by atoms with Crippen molar-refractivity contribution in [3.8, 4) is 0 Å². The summed E-state index contributed by atoms with van der Waals surface area (Å²) in [7, 11) is 0. The third-order valence-corrected chi connectivity index (χ3v) is 13.5. The molecule has 2 saturated heterocycles. The van der Waals surface area contributed by atoms with E-state index in [1.165, 1.54) is 23.1 Å². The fourth-order valence-electron chi connectivity index (χ4n) is 7.77. The van der Waals surface area contributed by atoms with Gasteiger partial charge < -0.3 is 64.0 Å². The van der Waals surface area contributed by atoms with E-state index in [1.54, 1.807) is 62.5 Å². The van der Waals surface area contributed by atoms with Crippen LogP contribution in [0.15, 0.2) is 41.8 Å². The number of nitrogens with one attached hydrogen (secondary N) is 9. The predicted molar refractivity (Wildman–Crippen MR) is 264 cm³/mol. The van der Waals surface area contributed by atoms with Gasteiger partial charge in [0.2, 0.25) is 53.2 Å². The zero-order chi connectivity index (χ0) is 51.5. The van der Waals surface area contributed by atoms with Crippen molar-refractivity contribution in [3.05, 3.63) is 57.2 Å². The van der Waals surface area contributed by atoms with Crippen molar-refractivity contribution in [2.75, 3.05) is 31.1 Å². The third-order valence-electron chi connectivity index (χ3n) is 11.4. The first-order chi connectivity index (χ1) is 33.3. The second kappa shape index (κ2) is 28.0. The Morgan fingerprint density at radius 3 is 2.20 bits per heavy atom. The maximum Gasteiger partial charge on any atom is 0.245 e. The average Bonchev–Trinajstić information content (AvgIpc) is 3.97. The molecule has 0 unspecified atom stereocenters. The largest absolute Gasteiger partial charge is 0.391 e. The van der Waals surface area contributed by atoms with Crippen LogP contribution in [0.1, 0.15) is 69.7 Å². The molecule has 8 atom stereocenters.